The van der Waals surface area contributed by atoms with Crippen LogP contribution in [0.5, 0.6) is 0 Å². The van der Waals surface area contributed by atoms with E-state index in [4.69, 9.17) is 0 Å². The van der Waals surface area contributed by atoms with E-state index in [1.807, 2.05) is 29.1 Å². The van der Waals surface area contributed by atoms with Crippen molar-refractivity contribution < 1.29 is 4.39 Å². The summed E-state index contributed by atoms with van der Waals surface area (Å²) in [6.07, 6.45) is 3.49. The van der Waals surface area contributed by atoms with Gasteiger partial charge in [0.15, 0.2) is 0 Å². The lowest BCUT2D eigenvalue weighted by Crippen LogP contribution is -2.33. The smallest absolute Gasteiger partial charge is 0.126 e. The first-order valence-corrected chi connectivity index (χ1v) is 7.61. The van der Waals surface area contributed by atoms with Crippen molar-refractivity contribution in [3.8, 4) is 0 Å². The van der Waals surface area contributed by atoms with Gasteiger partial charge in [-0.1, -0.05) is 25.1 Å². The zero-order valence-electron chi connectivity index (χ0n) is 13.0. The molecule has 0 aliphatic carbocycles. The summed E-state index contributed by atoms with van der Waals surface area (Å²) in [5.41, 5.74) is 1.80. The van der Waals surface area contributed by atoms with Crippen molar-refractivity contribution >= 4 is 0 Å². The fraction of sp³-hybridized carbons (Fsp3) is 0.471. The molecule has 1 aromatic carbocycles. The summed E-state index contributed by atoms with van der Waals surface area (Å²) in [7, 11) is 0. The molecule has 0 aliphatic heterocycles. The van der Waals surface area contributed by atoms with Gasteiger partial charge in [-0.2, -0.15) is 5.10 Å². The van der Waals surface area contributed by atoms with Crippen molar-refractivity contribution in [3.63, 3.8) is 0 Å². The van der Waals surface area contributed by atoms with Crippen LogP contribution in [-0.2, 0) is 12.8 Å². The van der Waals surface area contributed by atoms with Gasteiger partial charge in [0, 0.05) is 24.7 Å². The quantitative estimate of drug-likeness (QED) is 0.847. The highest BCUT2D eigenvalue weighted by Crippen LogP contribution is 2.13. The molecule has 0 amide bonds. The minimum Gasteiger partial charge on any atom is -0.314 e. The highest BCUT2D eigenvalue weighted by molar-refractivity contribution is 5.19. The molecule has 1 heterocycles. The fourth-order valence-electron chi connectivity index (χ4n) is 2.46. The van der Waals surface area contributed by atoms with Crippen LogP contribution in [0.2, 0.25) is 0 Å². The van der Waals surface area contributed by atoms with Crippen LogP contribution in [0.25, 0.3) is 0 Å². The molecule has 0 saturated carbocycles. The first-order chi connectivity index (χ1) is 10.1. The molecule has 114 valence electrons. The first kappa shape index (κ1) is 15.7. The summed E-state index contributed by atoms with van der Waals surface area (Å²) in [5, 5.41) is 8.01. The van der Waals surface area contributed by atoms with Gasteiger partial charge in [0.1, 0.15) is 5.82 Å². The van der Waals surface area contributed by atoms with Crippen molar-refractivity contribution in [1.29, 1.82) is 0 Å². The van der Waals surface area contributed by atoms with Crippen molar-refractivity contribution in [3.05, 3.63) is 53.6 Å². The maximum absolute atomic E-state index is 13.8. The van der Waals surface area contributed by atoms with Crippen LogP contribution in [0.15, 0.2) is 36.5 Å². The second-order valence-electron chi connectivity index (χ2n) is 5.64. The lowest BCUT2D eigenvalue weighted by atomic mass is 10.0. The van der Waals surface area contributed by atoms with E-state index in [2.05, 4.69) is 31.2 Å². The molecule has 0 spiro atoms. The topological polar surface area (TPSA) is 29.9 Å². The number of nitrogens with one attached hydrogen (secondary N) is 1. The van der Waals surface area contributed by atoms with Crippen LogP contribution >= 0.6 is 0 Å². The van der Waals surface area contributed by atoms with Gasteiger partial charge in [-0.25, -0.2) is 4.39 Å². The van der Waals surface area contributed by atoms with Crippen LogP contribution in [0.1, 0.15) is 38.1 Å². The molecule has 1 aromatic heterocycles. The van der Waals surface area contributed by atoms with Gasteiger partial charge in [0.05, 0.1) is 5.69 Å². The van der Waals surface area contributed by atoms with Crippen molar-refractivity contribution in [2.24, 2.45) is 0 Å². The highest BCUT2D eigenvalue weighted by atomic mass is 19.1. The summed E-state index contributed by atoms with van der Waals surface area (Å²) < 4.78 is 15.8. The van der Waals surface area contributed by atoms with Gasteiger partial charge in [-0.3, -0.25) is 4.68 Å². The number of benzene rings is 1. The van der Waals surface area contributed by atoms with Crippen LogP contribution in [0, 0.1) is 5.82 Å². The third-order valence-corrected chi connectivity index (χ3v) is 3.57. The summed E-state index contributed by atoms with van der Waals surface area (Å²) in [4.78, 5) is 0. The van der Waals surface area contributed by atoms with E-state index in [1.54, 1.807) is 6.07 Å². The Labute approximate surface area is 126 Å². The molecule has 0 aliphatic rings. The van der Waals surface area contributed by atoms with Gasteiger partial charge < -0.3 is 5.32 Å². The fourth-order valence-corrected chi connectivity index (χ4v) is 2.46. The van der Waals surface area contributed by atoms with Crippen molar-refractivity contribution in [2.45, 2.75) is 45.7 Å². The molecule has 2 aromatic rings. The molecule has 0 bridgehead atoms. The third-order valence-electron chi connectivity index (χ3n) is 3.57. The molecular weight excluding hydrogens is 265 g/mol. The maximum Gasteiger partial charge on any atom is 0.126 e. The summed E-state index contributed by atoms with van der Waals surface area (Å²) in [5.74, 6) is -0.131. The Morgan fingerprint density at radius 1 is 1.19 bits per heavy atom. The van der Waals surface area contributed by atoms with E-state index in [9.17, 15) is 4.39 Å². The summed E-state index contributed by atoms with van der Waals surface area (Å²) in [6.45, 7) is 7.15. The number of hydrogen-bond donors (Lipinski definition) is 1. The minimum atomic E-state index is -0.131. The Morgan fingerprint density at radius 2 is 1.95 bits per heavy atom. The van der Waals surface area contributed by atoms with Crippen molar-refractivity contribution in [1.82, 2.24) is 15.1 Å². The predicted molar refractivity (Wildman–Crippen MR) is 83.9 cm³/mol. The van der Waals surface area contributed by atoms with E-state index in [0.29, 0.717) is 12.5 Å². The second kappa shape index (κ2) is 7.36. The molecule has 0 saturated heterocycles. The zero-order chi connectivity index (χ0) is 15.2. The molecule has 0 radical (unpaired) electrons. The SMILES string of the molecule is CCNC(Cc1ccn(C(C)C)n1)Cc1ccccc1F. The number of nitrogens with zero attached hydrogens (tertiary/aromatic N) is 2. The van der Waals surface area contributed by atoms with Gasteiger partial charge >= 0.3 is 0 Å². The lowest BCUT2D eigenvalue weighted by Gasteiger charge is -2.17. The average Bonchev–Trinajstić information content (AvgIpc) is 2.90. The van der Waals surface area contributed by atoms with Gasteiger partial charge in [-0.05, 0) is 44.5 Å². The zero-order valence-corrected chi connectivity index (χ0v) is 13.0. The van der Waals surface area contributed by atoms with Crippen LogP contribution in [0.4, 0.5) is 4.39 Å². The molecule has 1 atom stereocenters. The summed E-state index contributed by atoms with van der Waals surface area (Å²) in [6, 6.07) is 9.59. The standard InChI is InChI=1S/C17H24FN3/c1-4-19-16(11-14-7-5-6-8-17(14)18)12-15-9-10-21(20-15)13(2)3/h5-10,13,16,19H,4,11-12H2,1-3H3. The minimum absolute atomic E-state index is 0.131. The Hall–Kier alpha value is -1.68. The lowest BCUT2D eigenvalue weighted by molar-refractivity contribution is 0.487. The summed E-state index contributed by atoms with van der Waals surface area (Å²) >= 11 is 0. The van der Waals surface area contributed by atoms with E-state index >= 15 is 0 Å². The van der Waals surface area contributed by atoms with E-state index in [0.717, 1.165) is 24.2 Å². The predicted octanol–water partition coefficient (Wildman–Crippen LogP) is 3.37. The monoisotopic (exact) mass is 289 g/mol. The molecule has 2 rings (SSSR count). The van der Waals surface area contributed by atoms with Crippen LogP contribution < -0.4 is 5.32 Å². The number of aromatic nitrogens is 2. The molecule has 4 heteroatoms. The van der Waals surface area contributed by atoms with E-state index < -0.39 is 0 Å². The number of likely N-dealkylation sites (N-methyl/N-ethyl adjacent to an activating group) is 1. The normalized spacial score (nSPS) is 12.8. The molecule has 3 nitrogen and oxygen atoms in total. The molecule has 21 heavy (non-hydrogen) atoms. The first-order valence-electron chi connectivity index (χ1n) is 7.61. The molecular formula is C17H24FN3. The number of hydrogen-bond acceptors (Lipinski definition) is 2. The molecule has 1 N–H and O–H groups in total. The van der Waals surface area contributed by atoms with Crippen LogP contribution in [-0.4, -0.2) is 22.4 Å². The Bertz CT molecular complexity index is 563. The van der Waals surface area contributed by atoms with Crippen molar-refractivity contribution in [2.75, 3.05) is 6.54 Å². The second-order valence-corrected chi connectivity index (χ2v) is 5.64. The van der Waals surface area contributed by atoms with E-state index in [-0.39, 0.29) is 11.9 Å². The van der Waals surface area contributed by atoms with Gasteiger partial charge in [0.25, 0.3) is 0 Å². The average molecular weight is 289 g/mol. The largest absolute Gasteiger partial charge is 0.314 e. The Kier molecular flexibility index (Phi) is 5.51. The maximum atomic E-state index is 13.8. The number of halogens is 1. The Balaban J connectivity index is 2.06. The van der Waals surface area contributed by atoms with Gasteiger partial charge in [-0.15, -0.1) is 0 Å². The Morgan fingerprint density at radius 3 is 2.57 bits per heavy atom. The molecule has 1 unspecified atom stereocenters. The van der Waals surface area contributed by atoms with Crippen LogP contribution in [0.3, 0.4) is 0 Å². The third kappa shape index (κ3) is 4.39. The van der Waals surface area contributed by atoms with E-state index in [1.165, 1.54) is 6.07 Å². The highest BCUT2D eigenvalue weighted by Gasteiger charge is 2.14. The number of rotatable bonds is 7. The molecule has 0 fully saturated rings. The van der Waals surface area contributed by atoms with Gasteiger partial charge in [0.2, 0.25) is 0 Å².